The molecule has 0 saturated carbocycles. The predicted octanol–water partition coefficient (Wildman–Crippen LogP) is 2.28. The van der Waals surface area contributed by atoms with E-state index in [0.29, 0.717) is 30.2 Å². The Labute approximate surface area is 109 Å². The van der Waals surface area contributed by atoms with Gasteiger partial charge in [-0.05, 0) is 30.9 Å². The van der Waals surface area contributed by atoms with Gasteiger partial charge in [0, 0.05) is 18.2 Å². The summed E-state index contributed by atoms with van der Waals surface area (Å²) in [4.78, 5) is 16.1. The van der Waals surface area contributed by atoms with E-state index >= 15 is 0 Å². The molecule has 0 aliphatic rings. The first-order valence-electron chi connectivity index (χ1n) is 6.29. The van der Waals surface area contributed by atoms with Crippen molar-refractivity contribution in [2.24, 2.45) is 17.6 Å². The molecule has 1 aromatic heterocycles. The van der Waals surface area contributed by atoms with Crippen molar-refractivity contribution in [3.8, 4) is 5.75 Å². The molecule has 1 unspecified atom stereocenters. The van der Waals surface area contributed by atoms with Gasteiger partial charge in [0.05, 0.1) is 13.3 Å². The van der Waals surface area contributed by atoms with Gasteiger partial charge in [-0.25, -0.2) is 0 Å². The summed E-state index contributed by atoms with van der Waals surface area (Å²) in [7, 11) is 1.56. The summed E-state index contributed by atoms with van der Waals surface area (Å²) in [6, 6.07) is 1.72. The third kappa shape index (κ3) is 4.45. The highest BCUT2D eigenvalue weighted by molar-refractivity contribution is 5.96. The Hall–Kier alpha value is -1.42. The topological polar surface area (TPSA) is 65.2 Å². The quantitative estimate of drug-likeness (QED) is 0.754. The van der Waals surface area contributed by atoms with Crippen LogP contribution in [0.3, 0.4) is 0 Å². The van der Waals surface area contributed by atoms with Crippen molar-refractivity contribution in [3.05, 3.63) is 24.0 Å². The molecule has 1 rings (SSSR count). The van der Waals surface area contributed by atoms with Crippen molar-refractivity contribution in [1.82, 2.24) is 4.98 Å². The summed E-state index contributed by atoms with van der Waals surface area (Å²) in [5.41, 5.74) is 6.31. The molecule has 4 heteroatoms. The second kappa shape index (κ2) is 7.11. The summed E-state index contributed by atoms with van der Waals surface area (Å²) >= 11 is 0. The zero-order valence-corrected chi connectivity index (χ0v) is 11.3. The van der Waals surface area contributed by atoms with E-state index in [4.69, 9.17) is 10.5 Å². The summed E-state index contributed by atoms with van der Waals surface area (Å²) in [5, 5.41) is 0. The van der Waals surface area contributed by atoms with E-state index < -0.39 is 0 Å². The number of pyridine rings is 1. The van der Waals surface area contributed by atoms with Gasteiger partial charge in [0.1, 0.15) is 5.75 Å². The largest absolute Gasteiger partial charge is 0.495 e. The average molecular weight is 250 g/mol. The maximum Gasteiger partial charge on any atom is 0.164 e. The highest BCUT2D eigenvalue weighted by atomic mass is 16.5. The van der Waals surface area contributed by atoms with Crippen LogP contribution in [-0.2, 0) is 0 Å². The molecular formula is C14H22N2O2. The zero-order chi connectivity index (χ0) is 13.5. The number of carbonyl (C=O) groups is 1. The van der Waals surface area contributed by atoms with Crippen LogP contribution in [0.5, 0.6) is 5.75 Å². The maximum atomic E-state index is 12.1. The SMILES string of the molecule is COc1cncc(C(=O)CC(CN)CC(C)C)c1. The zero-order valence-electron chi connectivity index (χ0n) is 11.3. The van der Waals surface area contributed by atoms with Crippen molar-refractivity contribution in [2.75, 3.05) is 13.7 Å². The molecule has 0 fully saturated rings. The Balaban J connectivity index is 2.68. The van der Waals surface area contributed by atoms with Crippen LogP contribution < -0.4 is 10.5 Å². The van der Waals surface area contributed by atoms with Gasteiger partial charge in [-0.15, -0.1) is 0 Å². The predicted molar refractivity (Wildman–Crippen MR) is 71.7 cm³/mol. The first kappa shape index (κ1) is 14.6. The number of ketones is 1. The standard InChI is InChI=1S/C14H22N2O2/c1-10(2)4-11(7-15)5-14(17)12-6-13(18-3)9-16-8-12/h6,8-11H,4-5,7,15H2,1-3H3. The number of carbonyl (C=O) groups excluding carboxylic acids is 1. The normalized spacial score (nSPS) is 12.5. The van der Waals surface area contributed by atoms with Crippen LogP contribution in [0.15, 0.2) is 18.5 Å². The Bertz CT molecular complexity index is 391. The van der Waals surface area contributed by atoms with Crippen molar-refractivity contribution in [3.63, 3.8) is 0 Å². The first-order chi connectivity index (χ1) is 8.56. The molecule has 0 bridgehead atoms. The lowest BCUT2D eigenvalue weighted by Crippen LogP contribution is -2.20. The van der Waals surface area contributed by atoms with Crippen LogP contribution in [0, 0.1) is 11.8 Å². The molecule has 0 spiro atoms. The van der Waals surface area contributed by atoms with E-state index in [1.165, 1.54) is 0 Å². The fraction of sp³-hybridized carbons (Fsp3) is 0.571. The second-order valence-electron chi connectivity index (χ2n) is 4.97. The molecule has 0 amide bonds. The van der Waals surface area contributed by atoms with Crippen LogP contribution in [-0.4, -0.2) is 24.4 Å². The first-order valence-corrected chi connectivity index (χ1v) is 6.29. The number of nitrogens with zero attached hydrogens (tertiary/aromatic N) is 1. The molecular weight excluding hydrogens is 228 g/mol. The smallest absolute Gasteiger partial charge is 0.164 e. The van der Waals surface area contributed by atoms with Crippen molar-refractivity contribution in [1.29, 1.82) is 0 Å². The molecule has 4 nitrogen and oxygen atoms in total. The van der Waals surface area contributed by atoms with Crippen LogP contribution in [0.2, 0.25) is 0 Å². The van der Waals surface area contributed by atoms with Gasteiger partial charge in [0.15, 0.2) is 5.78 Å². The average Bonchev–Trinajstić information content (AvgIpc) is 2.37. The van der Waals surface area contributed by atoms with E-state index in [2.05, 4.69) is 18.8 Å². The number of hydrogen-bond acceptors (Lipinski definition) is 4. The Morgan fingerprint density at radius 1 is 1.44 bits per heavy atom. The van der Waals surface area contributed by atoms with E-state index in [9.17, 15) is 4.79 Å². The molecule has 2 N–H and O–H groups in total. The van der Waals surface area contributed by atoms with Crippen molar-refractivity contribution >= 4 is 5.78 Å². The van der Waals surface area contributed by atoms with Crippen molar-refractivity contribution < 1.29 is 9.53 Å². The van der Waals surface area contributed by atoms with Gasteiger partial charge < -0.3 is 10.5 Å². The monoisotopic (exact) mass is 250 g/mol. The van der Waals surface area contributed by atoms with Gasteiger partial charge >= 0.3 is 0 Å². The number of hydrogen-bond donors (Lipinski definition) is 1. The lowest BCUT2D eigenvalue weighted by atomic mass is 9.91. The van der Waals surface area contributed by atoms with Gasteiger partial charge in [-0.3, -0.25) is 9.78 Å². The van der Waals surface area contributed by atoms with Crippen molar-refractivity contribution in [2.45, 2.75) is 26.7 Å². The minimum atomic E-state index is 0.0810. The lowest BCUT2D eigenvalue weighted by molar-refractivity contribution is 0.0956. The molecule has 0 saturated heterocycles. The maximum absolute atomic E-state index is 12.1. The molecule has 18 heavy (non-hydrogen) atoms. The second-order valence-corrected chi connectivity index (χ2v) is 4.97. The Morgan fingerprint density at radius 2 is 2.17 bits per heavy atom. The van der Waals surface area contributed by atoms with Gasteiger partial charge in [0.2, 0.25) is 0 Å². The third-order valence-corrected chi connectivity index (χ3v) is 2.88. The molecule has 100 valence electrons. The Kier molecular flexibility index (Phi) is 5.78. The third-order valence-electron chi connectivity index (χ3n) is 2.88. The summed E-state index contributed by atoms with van der Waals surface area (Å²) < 4.78 is 5.06. The fourth-order valence-corrected chi connectivity index (χ4v) is 1.99. The van der Waals surface area contributed by atoms with E-state index in [0.717, 1.165) is 6.42 Å². The Morgan fingerprint density at radius 3 is 2.72 bits per heavy atom. The molecule has 0 aliphatic carbocycles. The lowest BCUT2D eigenvalue weighted by Gasteiger charge is -2.16. The highest BCUT2D eigenvalue weighted by Crippen LogP contribution is 2.18. The summed E-state index contributed by atoms with van der Waals surface area (Å²) in [6.07, 6.45) is 4.61. The van der Waals surface area contributed by atoms with E-state index in [1.54, 1.807) is 25.6 Å². The molecule has 1 aromatic rings. The number of nitrogens with two attached hydrogens (primary N) is 1. The number of Topliss-reactive ketones (excluding diaryl/α,β-unsaturated/α-hetero) is 1. The highest BCUT2D eigenvalue weighted by Gasteiger charge is 2.16. The molecule has 0 radical (unpaired) electrons. The van der Waals surface area contributed by atoms with Gasteiger partial charge in [-0.1, -0.05) is 13.8 Å². The fourth-order valence-electron chi connectivity index (χ4n) is 1.99. The number of aromatic nitrogens is 1. The molecule has 0 aliphatic heterocycles. The van der Waals surface area contributed by atoms with Crippen LogP contribution in [0.4, 0.5) is 0 Å². The van der Waals surface area contributed by atoms with Gasteiger partial charge in [0.25, 0.3) is 0 Å². The minimum absolute atomic E-state index is 0.0810. The number of rotatable bonds is 7. The van der Waals surface area contributed by atoms with Crippen LogP contribution >= 0.6 is 0 Å². The molecule has 1 atom stereocenters. The number of ether oxygens (including phenoxy) is 1. The van der Waals surface area contributed by atoms with E-state index in [-0.39, 0.29) is 11.7 Å². The van der Waals surface area contributed by atoms with Crippen LogP contribution in [0.1, 0.15) is 37.0 Å². The van der Waals surface area contributed by atoms with Gasteiger partial charge in [-0.2, -0.15) is 0 Å². The molecule has 0 aromatic carbocycles. The minimum Gasteiger partial charge on any atom is -0.495 e. The summed E-state index contributed by atoms with van der Waals surface area (Å²) in [6.45, 7) is 4.82. The van der Waals surface area contributed by atoms with Crippen LogP contribution in [0.25, 0.3) is 0 Å². The molecule has 1 heterocycles. The summed E-state index contributed by atoms with van der Waals surface area (Å²) in [5.74, 6) is 1.48. The van der Waals surface area contributed by atoms with E-state index in [1.807, 2.05) is 0 Å². The number of methoxy groups -OCH3 is 1.